The fourth-order valence-electron chi connectivity index (χ4n) is 1.00. The van der Waals surface area contributed by atoms with Crippen LogP contribution in [0.15, 0.2) is 10.7 Å². The van der Waals surface area contributed by atoms with Crippen molar-refractivity contribution in [2.45, 2.75) is 19.4 Å². The van der Waals surface area contributed by atoms with Gasteiger partial charge in [0.25, 0.3) is 6.43 Å². The molecule has 0 aliphatic rings. The van der Waals surface area contributed by atoms with E-state index in [0.29, 0.717) is 6.07 Å². The summed E-state index contributed by atoms with van der Waals surface area (Å²) >= 11 is 2.66. The van der Waals surface area contributed by atoms with Gasteiger partial charge in [-0.1, -0.05) is 0 Å². The van der Waals surface area contributed by atoms with Crippen LogP contribution in [0.2, 0.25) is 0 Å². The number of aliphatic hydroxyl groups excluding tert-OH is 1. The van der Waals surface area contributed by atoms with Crippen LogP contribution in [0.4, 0.5) is 22.0 Å². The summed E-state index contributed by atoms with van der Waals surface area (Å²) in [7, 11) is 0. The number of rotatable bonds is 3. The minimum Gasteiger partial charge on any atom is -0.404 e. The first-order valence-electron chi connectivity index (χ1n) is 4.08. The second-order valence-corrected chi connectivity index (χ2v) is 3.57. The van der Waals surface area contributed by atoms with Gasteiger partial charge in [-0.3, -0.25) is 0 Å². The van der Waals surface area contributed by atoms with Crippen LogP contribution in [0, 0.1) is 0 Å². The molecule has 0 saturated carbocycles. The molecule has 3 nitrogen and oxygen atoms in total. The molecule has 17 heavy (non-hydrogen) atoms. The molecule has 96 valence electrons. The van der Waals surface area contributed by atoms with E-state index < -0.39 is 36.4 Å². The highest BCUT2D eigenvalue weighted by atomic mass is 79.9. The standard InChI is InChI=1S/C8H5BrF5NO2/c9-6-3(7(10)11)1-5(4(2-16)15-6)17-8(12,13)14/h1,7,16H,2H2. The zero-order valence-corrected chi connectivity index (χ0v) is 9.52. The molecule has 9 heteroatoms. The molecule has 1 N–H and O–H groups in total. The number of aliphatic hydroxyl groups is 1. The number of hydrogen-bond acceptors (Lipinski definition) is 3. The van der Waals surface area contributed by atoms with E-state index in [0.717, 1.165) is 0 Å². The van der Waals surface area contributed by atoms with E-state index in [1.165, 1.54) is 0 Å². The van der Waals surface area contributed by atoms with Crippen LogP contribution in [0.25, 0.3) is 0 Å². The van der Waals surface area contributed by atoms with E-state index in [4.69, 9.17) is 5.11 Å². The van der Waals surface area contributed by atoms with E-state index in [9.17, 15) is 22.0 Å². The third kappa shape index (κ3) is 3.77. The summed E-state index contributed by atoms with van der Waals surface area (Å²) < 4.78 is 63.8. The van der Waals surface area contributed by atoms with Gasteiger partial charge in [0.15, 0.2) is 5.75 Å². The number of alkyl halides is 5. The van der Waals surface area contributed by atoms with Crippen molar-refractivity contribution in [3.8, 4) is 5.75 Å². The lowest BCUT2D eigenvalue weighted by Gasteiger charge is -2.13. The Bertz CT molecular complexity index is 410. The van der Waals surface area contributed by atoms with Crippen molar-refractivity contribution in [3.63, 3.8) is 0 Å². The third-order valence-electron chi connectivity index (χ3n) is 1.65. The lowest BCUT2D eigenvalue weighted by Crippen LogP contribution is -2.19. The molecule has 0 radical (unpaired) electrons. The normalized spacial score (nSPS) is 12.0. The Kier molecular flexibility index (Phi) is 4.26. The second kappa shape index (κ2) is 5.13. The molecule has 0 aromatic carbocycles. The number of halogens is 6. The van der Waals surface area contributed by atoms with E-state index in [1.807, 2.05) is 0 Å². The van der Waals surface area contributed by atoms with Crippen LogP contribution in [0.3, 0.4) is 0 Å². The summed E-state index contributed by atoms with van der Waals surface area (Å²) in [6, 6.07) is 0.487. The SMILES string of the molecule is OCc1nc(Br)c(C(F)F)cc1OC(F)(F)F. The van der Waals surface area contributed by atoms with Crippen molar-refractivity contribution in [1.82, 2.24) is 4.98 Å². The lowest BCUT2D eigenvalue weighted by molar-refractivity contribution is -0.275. The molecule has 1 aromatic rings. The van der Waals surface area contributed by atoms with Gasteiger partial charge in [-0.2, -0.15) is 0 Å². The van der Waals surface area contributed by atoms with Crippen molar-refractivity contribution in [2.75, 3.05) is 0 Å². The Morgan fingerprint density at radius 3 is 2.41 bits per heavy atom. The van der Waals surface area contributed by atoms with Crippen LogP contribution < -0.4 is 4.74 Å². The molecule has 1 rings (SSSR count). The molecule has 1 heterocycles. The highest BCUT2D eigenvalue weighted by Crippen LogP contribution is 2.33. The molecular formula is C8H5BrF5NO2. The van der Waals surface area contributed by atoms with Crippen LogP contribution in [-0.4, -0.2) is 16.5 Å². The summed E-state index contributed by atoms with van der Waals surface area (Å²) in [5, 5.41) is 8.75. The number of pyridine rings is 1. The van der Waals surface area contributed by atoms with Crippen molar-refractivity contribution >= 4 is 15.9 Å². The van der Waals surface area contributed by atoms with Crippen molar-refractivity contribution < 1.29 is 31.8 Å². The van der Waals surface area contributed by atoms with Crippen molar-refractivity contribution in [2.24, 2.45) is 0 Å². The topological polar surface area (TPSA) is 42.4 Å². The molecule has 0 atom stereocenters. The molecule has 0 amide bonds. The monoisotopic (exact) mass is 321 g/mol. The average Bonchev–Trinajstić information content (AvgIpc) is 2.17. The number of aromatic nitrogens is 1. The van der Waals surface area contributed by atoms with Gasteiger partial charge in [-0.25, -0.2) is 13.8 Å². The molecular weight excluding hydrogens is 317 g/mol. The minimum atomic E-state index is -5.04. The Morgan fingerprint density at radius 2 is 2.00 bits per heavy atom. The Balaban J connectivity index is 3.22. The van der Waals surface area contributed by atoms with E-state index in [2.05, 4.69) is 25.7 Å². The predicted octanol–water partition coefficient (Wildman–Crippen LogP) is 3.17. The maximum absolute atomic E-state index is 12.4. The fourth-order valence-corrected chi connectivity index (χ4v) is 1.50. The number of nitrogens with zero attached hydrogens (tertiary/aromatic N) is 1. The van der Waals surface area contributed by atoms with Gasteiger partial charge < -0.3 is 9.84 Å². The number of hydrogen-bond donors (Lipinski definition) is 1. The van der Waals surface area contributed by atoms with Gasteiger partial charge in [0.2, 0.25) is 0 Å². The van der Waals surface area contributed by atoms with E-state index in [1.54, 1.807) is 0 Å². The molecule has 0 aliphatic carbocycles. The highest BCUT2D eigenvalue weighted by Gasteiger charge is 2.33. The maximum Gasteiger partial charge on any atom is 0.573 e. The predicted molar refractivity (Wildman–Crippen MR) is 49.5 cm³/mol. The molecule has 1 aromatic heterocycles. The van der Waals surface area contributed by atoms with Crippen LogP contribution in [0.5, 0.6) is 5.75 Å². The second-order valence-electron chi connectivity index (χ2n) is 2.82. The van der Waals surface area contributed by atoms with Crippen LogP contribution in [-0.2, 0) is 6.61 Å². The Hall–Kier alpha value is -0.960. The van der Waals surface area contributed by atoms with E-state index >= 15 is 0 Å². The third-order valence-corrected chi connectivity index (χ3v) is 2.29. The van der Waals surface area contributed by atoms with Crippen molar-refractivity contribution in [3.05, 3.63) is 21.9 Å². The smallest absolute Gasteiger partial charge is 0.404 e. The largest absolute Gasteiger partial charge is 0.573 e. The fraction of sp³-hybridized carbons (Fsp3) is 0.375. The molecule has 0 unspecified atom stereocenters. The Labute approximate surface area is 100 Å². The van der Waals surface area contributed by atoms with Gasteiger partial charge in [0.1, 0.15) is 10.3 Å². The van der Waals surface area contributed by atoms with E-state index in [-0.39, 0.29) is 4.60 Å². The summed E-state index contributed by atoms with van der Waals surface area (Å²) in [5.41, 5.74) is -1.24. The molecule has 0 spiro atoms. The van der Waals surface area contributed by atoms with Gasteiger partial charge in [-0.15, -0.1) is 13.2 Å². The summed E-state index contributed by atoms with van der Waals surface area (Å²) in [4.78, 5) is 3.36. The molecule has 0 bridgehead atoms. The highest BCUT2D eigenvalue weighted by molar-refractivity contribution is 9.10. The first-order chi connectivity index (χ1) is 7.74. The van der Waals surface area contributed by atoms with Gasteiger partial charge in [-0.05, 0) is 22.0 Å². The summed E-state index contributed by atoms with van der Waals surface area (Å²) in [6.45, 7) is -0.868. The zero-order valence-electron chi connectivity index (χ0n) is 7.93. The number of ether oxygens (including phenoxy) is 1. The van der Waals surface area contributed by atoms with Gasteiger partial charge in [0.05, 0.1) is 12.2 Å². The summed E-state index contributed by atoms with van der Waals surface area (Å²) in [5.74, 6) is -0.946. The first-order valence-corrected chi connectivity index (χ1v) is 4.88. The maximum atomic E-state index is 12.4. The molecule has 0 saturated heterocycles. The zero-order chi connectivity index (χ0) is 13.2. The van der Waals surface area contributed by atoms with Crippen molar-refractivity contribution in [1.29, 1.82) is 0 Å². The lowest BCUT2D eigenvalue weighted by atomic mass is 10.2. The van der Waals surface area contributed by atoms with Gasteiger partial charge >= 0.3 is 6.36 Å². The quantitative estimate of drug-likeness (QED) is 0.687. The van der Waals surface area contributed by atoms with Gasteiger partial charge in [0, 0.05) is 0 Å². The van der Waals surface area contributed by atoms with Crippen LogP contribution in [0.1, 0.15) is 17.7 Å². The van der Waals surface area contributed by atoms with Crippen LogP contribution >= 0.6 is 15.9 Å². The molecule has 0 fully saturated rings. The summed E-state index contributed by atoms with van der Waals surface area (Å²) in [6.07, 6.45) is -8.06. The minimum absolute atomic E-state index is 0.342. The average molecular weight is 322 g/mol. The first kappa shape index (κ1) is 14.1. The molecule has 0 aliphatic heterocycles. The Morgan fingerprint density at radius 1 is 1.41 bits per heavy atom.